The molecule has 0 saturated carbocycles. The number of rotatable bonds is 2. The molecule has 2 rings (SSSR count). The van der Waals surface area contributed by atoms with Crippen molar-refractivity contribution in [1.82, 2.24) is 4.90 Å². The third-order valence-corrected chi connectivity index (χ3v) is 2.81. The van der Waals surface area contributed by atoms with Gasteiger partial charge in [-0.2, -0.15) is 0 Å². The van der Waals surface area contributed by atoms with Crippen LogP contribution >= 0.6 is 0 Å². The highest BCUT2D eigenvalue weighted by Crippen LogP contribution is 2.19. The molecule has 1 heterocycles. The first kappa shape index (κ1) is 11.7. The summed E-state index contributed by atoms with van der Waals surface area (Å²) in [5.41, 5.74) is 0. The van der Waals surface area contributed by atoms with E-state index in [0.29, 0.717) is 31.7 Å². The van der Waals surface area contributed by atoms with Gasteiger partial charge >= 0.3 is 6.09 Å². The van der Waals surface area contributed by atoms with E-state index in [-0.39, 0.29) is 11.9 Å². The Kier molecular flexibility index (Phi) is 3.46. The Hall–Kier alpha value is -1.78. The Morgan fingerprint density at radius 2 is 2.12 bits per heavy atom. The summed E-state index contributed by atoms with van der Waals surface area (Å²) in [5.74, 6) is 0.171. The van der Waals surface area contributed by atoms with Gasteiger partial charge in [0, 0.05) is 32.0 Å². The molecule has 1 aliphatic rings. The smallest absolute Gasteiger partial charge is 0.407 e. The molecule has 1 saturated heterocycles. The van der Waals surface area contributed by atoms with Crippen molar-refractivity contribution in [2.45, 2.75) is 18.9 Å². The number of amides is 1. The highest BCUT2D eigenvalue weighted by Gasteiger charge is 2.23. The second-order valence-corrected chi connectivity index (χ2v) is 4.04. The zero-order valence-electron chi connectivity index (χ0n) is 9.30. The quantitative estimate of drug-likeness (QED) is 0.861. The van der Waals surface area contributed by atoms with E-state index in [1.54, 1.807) is 12.1 Å². The van der Waals surface area contributed by atoms with Crippen LogP contribution in [0.5, 0.6) is 5.75 Å². The largest absolute Gasteiger partial charge is 0.490 e. The van der Waals surface area contributed by atoms with Gasteiger partial charge in [-0.1, -0.05) is 6.07 Å². The maximum absolute atomic E-state index is 12.9. The van der Waals surface area contributed by atoms with E-state index in [1.165, 1.54) is 17.0 Å². The Labute approximate surface area is 98.6 Å². The highest BCUT2D eigenvalue weighted by molar-refractivity contribution is 5.65. The van der Waals surface area contributed by atoms with Crippen molar-refractivity contribution in [3.63, 3.8) is 0 Å². The second kappa shape index (κ2) is 5.03. The molecule has 0 bridgehead atoms. The number of hydrogen-bond donors (Lipinski definition) is 1. The minimum absolute atomic E-state index is 0.0348. The van der Waals surface area contributed by atoms with Gasteiger partial charge in [-0.15, -0.1) is 0 Å². The van der Waals surface area contributed by atoms with Crippen LogP contribution in [0.4, 0.5) is 9.18 Å². The maximum Gasteiger partial charge on any atom is 0.407 e. The van der Waals surface area contributed by atoms with E-state index >= 15 is 0 Å². The van der Waals surface area contributed by atoms with Crippen LogP contribution in [0.2, 0.25) is 0 Å². The number of piperidine rings is 1. The first-order chi connectivity index (χ1) is 8.15. The van der Waals surface area contributed by atoms with Gasteiger partial charge in [-0.25, -0.2) is 9.18 Å². The molecular weight excluding hydrogens is 225 g/mol. The van der Waals surface area contributed by atoms with E-state index < -0.39 is 6.09 Å². The van der Waals surface area contributed by atoms with Gasteiger partial charge < -0.3 is 14.7 Å². The lowest BCUT2D eigenvalue weighted by molar-refractivity contribution is 0.0893. The third-order valence-electron chi connectivity index (χ3n) is 2.81. The van der Waals surface area contributed by atoms with Crippen LogP contribution in [0.1, 0.15) is 12.8 Å². The molecule has 0 aliphatic carbocycles. The van der Waals surface area contributed by atoms with Gasteiger partial charge in [0.2, 0.25) is 0 Å². The zero-order chi connectivity index (χ0) is 12.3. The minimum Gasteiger partial charge on any atom is -0.490 e. The zero-order valence-corrected chi connectivity index (χ0v) is 9.30. The Morgan fingerprint density at radius 1 is 1.41 bits per heavy atom. The molecule has 1 amide bonds. The summed E-state index contributed by atoms with van der Waals surface area (Å²) in [6.45, 7) is 0.935. The lowest BCUT2D eigenvalue weighted by Crippen LogP contribution is -2.41. The van der Waals surface area contributed by atoms with Gasteiger partial charge in [0.25, 0.3) is 0 Å². The van der Waals surface area contributed by atoms with E-state index in [0.717, 1.165) is 0 Å². The van der Waals surface area contributed by atoms with Crippen molar-refractivity contribution >= 4 is 6.09 Å². The average molecular weight is 239 g/mol. The van der Waals surface area contributed by atoms with Gasteiger partial charge in [-0.3, -0.25) is 0 Å². The first-order valence-corrected chi connectivity index (χ1v) is 5.55. The summed E-state index contributed by atoms with van der Waals surface area (Å²) in [4.78, 5) is 12.1. The SMILES string of the molecule is O=C(O)N1CCC(Oc2cccc(F)c2)CC1. The van der Waals surface area contributed by atoms with Crippen LogP contribution in [0.15, 0.2) is 24.3 Å². The first-order valence-electron chi connectivity index (χ1n) is 5.55. The van der Waals surface area contributed by atoms with Crippen molar-refractivity contribution in [1.29, 1.82) is 0 Å². The second-order valence-electron chi connectivity index (χ2n) is 4.04. The number of ether oxygens (including phenoxy) is 1. The topological polar surface area (TPSA) is 49.8 Å². The lowest BCUT2D eigenvalue weighted by Gasteiger charge is -2.30. The summed E-state index contributed by atoms with van der Waals surface area (Å²) in [6, 6.07) is 5.99. The van der Waals surface area contributed by atoms with Crippen molar-refractivity contribution in [2.24, 2.45) is 0 Å². The Morgan fingerprint density at radius 3 is 2.71 bits per heavy atom. The lowest BCUT2D eigenvalue weighted by atomic mass is 10.1. The number of benzene rings is 1. The molecule has 0 spiro atoms. The Bertz CT molecular complexity index is 402. The van der Waals surface area contributed by atoms with Gasteiger partial charge in [-0.05, 0) is 12.1 Å². The van der Waals surface area contributed by atoms with Crippen molar-refractivity contribution in [2.75, 3.05) is 13.1 Å². The molecule has 1 fully saturated rings. The molecule has 4 nitrogen and oxygen atoms in total. The van der Waals surface area contributed by atoms with Crippen LogP contribution < -0.4 is 4.74 Å². The highest BCUT2D eigenvalue weighted by atomic mass is 19.1. The Balaban J connectivity index is 1.88. The minimum atomic E-state index is -0.894. The van der Waals surface area contributed by atoms with Gasteiger partial charge in [0.05, 0.1) is 0 Å². The number of halogens is 1. The van der Waals surface area contributed by atoms with E-state index in [4.69, 9.17) is 9.84 Å². The van der Waals surface area contributed by atoms with Crippen molar-refractivity contribution in [3.8, 4) is 5.75 Å². The third kappa shape index (κ3) is 3.09. The number of likely N-dealkylation sites (tertiary alicyclic amines) is 1. The molecule has 92 valence electrons. The molecular formula is C12H14FNO3. The normalized spacial score (nSPS) is 16.9. The number of carboxylic acid groups (broad SMARTS) is 1. The molecule has 0 unspecified atom stereocenters. The number of hydrogen-bond acceptors (Lipinski definition) is 2. The summed E-state index contributed by atoms with van der Waals surface area (Å²) in [5, 5.41) is 8.79. The van der Waals surface area contributed by atoms with Crippen LogP contribution in [0.3, 0.4) is 0 Å². The summed E-state index contributed by atoms with van der Waals surface area (Å²) < 4.78 is 18.5. The molecule has 0 aromatic heterocycles. The van der Waals surface area contributed by atoms with Crippen LogP contribution in [0.25, 0.3) is 0 Å². The number of nitrogens with zero attached hydrogens (tertiary/aromatic N) is 1. The fourth-order valence-electron chi connectivity index (χ4n) is 1.90. The van der Waals surface area contributed by atoms with Crippen molar-refractivity contribution in [3.05, 3.63) is 30.1 Å². The summed E-state index contributed by atoms with van der Waals surface area (Å²) >= 11 is 0. The fraction of sp³-hybridized carbons (Fsp3) is 0.417. The molecule has 1 aromatic carbocycles. The summed E-state index contributed by atoms with van der Waals surface area (Å²) in [7, 11) is 0. The monoisotopic (exact) mass is 239 g/mol. The molecule has 0 atom stereocenters. The molecule has 1 aromatic rings. The molecule has 1 N–H and O–H groups in total. The summed E-state index contributed by atoms with van der Waals surface area (Å²) in [6.07, 6.45) is 0.354. The maximum atomic E-state index is 12.9. The van der Waals surface area contributed by atoms with Gasteiger partial charge in [0.1, 0.15) is 17.7 Å². The molecule has 5 heteroatoms. The standard InChI is InChI=1S/C12H14FNO3/c13-9-2-1-3-11(8-9)17-10-4-6-14(7-5-10)12(15)16/h1-3,8,10H,4-7H2,(H,15,16). The van der Waals surface area contributed by atoms with E-state index in [1.807, 2.05) is 0 Å². The van der Waals surface area contributed by atoms with Crippen LogP contribution in [-0.2, 0) is 0 Å². The molecule has 0 radical (unpaired) electrons. The van der Waals surface area contributed by atoms with Crippen molar-refractivity contribution < 1.29 is 19.0 Å². The fourth-order valence-corrected chi connectivity index (χ4v) is 1.90. The van der Waals surface area contributed by atoms with Crippen LogP contribution in [-0.4, -0.2) is 35.3 Å². The van der Waals surface area contributed by atoms with E-state index in [9.17, 15) is 9.18 Å². The van der Waals surface area contributed by atoms with Crippen LogP contribution in [0, 0.1) is 5.82 Å². The predicted octanol–water partition coefficient (Wildman–Crippen LogP) is 2.35. The average Bonchev–Trinajstić information content (AvgIpc) is 2.29. The predicted molar refractivity (Wildman–Crippen MR) is 59.6 cm³/mol. The van der Waals surface area contributed by atoms with Gasteiger partial charge in [0.15, 0.2) is 0 Å². The number of carbonyl (C=O) groups is 1. The van der Waals surface area contributed by atoms with E-state index in [2.05, 4.69) is 0 Å². The molecule has 17 heavy (non-hydrogen) atoms. The molecule has 1 aliphatic heterocycles.